The molecule has 0 bridgehead atoms. The van der Waals surface area contributed by atoms with E-state index in [9.17, 15) is 18.0 Å². The lowest BCUT2D eigenvalue weighted by molar-refractivity contribution is -0.129. The number of likely N-dealkylation sites (tertiary alicyclic amines) is 1. The number of cyclic esters (lactones) is 1. The Kier molecular flexibility index (Phi) is 7.52. The highest BCUT2D eigenvalue weighted by Gasteiger charge is 2.38. The SMILES string of the molecule is O=C(CS(=O)(=O)C=Cc1ccccc1)N1CCC(N2CC(COc3ccccc3)OC2=O)CC1. The zero-order chi connectivity index (χ0) is 24.0. The van der Waals surface area contributed by atoms with Gasteiger partial charge >= 0.3 is 6.09 Å². The van der Waals surface area contributed by atoms with Crippen molar-refractivity contribution in [3.05, 3.63) is 71.6 Å². The summed E-state index contributed by atoms with van der Waals surface area (Å²) in [6.07, 6.45) is 1.92. The van der Waals surface area contributed by atoms with Gasteiger partial charge in [-0.05, 0) is 36.6 Å². The van der Waals surface area contributed by atoms with Gasteiger partial charge in [0.15, 0.2) is 15.9 Å². The number of carbonyl (C=O) groups excluding carboxylic acids is 2. The minimum atomic E-state index is -3.67. The molecule has 0 aromatic heterocycles. The summed E-state index contributed by atoms with van der Waals surface area (Å²) in [4.78, 5) is 28.2. The molecule has 2 aromatic carbocycles. The van der Waals surface area contributed by atoms with E-state index in [2.05, 4.69) is 0 Å². The average molecular weight is 485 g/mol. The summed E-state index contributed by atoms with van der Waals surface area (Å²) in [7, 11) is -3.67. The summed E-state index contributed by atoms with van der Waals surface area (Å²) < 4.78 is 35.9. The maximum absolute atomic E-state index is 12.6. The minimum Gasteiger partial charge on any atom is -0.490 e. The first kappa shape index (κ1) is 23.8. The Hall–Kier alpha value is -3.33. The standard InChI is InChI=1S/C25H28N2O6S/c28-24(19-34(30,31)16-13-20-7-3-1-4-8-20)26-14-11-21(12-15-26)27-17-23(33-25(27)29)18-32-22-9-5-2-6-10-22/h1-10,13,16,21,23H,11-12,14-15,17-19H2. The third kappa shape index (κ3) is 6.38. The molecule has 34 heavy (non-hydrogen) atoms. The molecule has 2 amide bonds. The molecular formula is C25H28N2O6S. The maximum Gasteiger partial charge on any atom is 0.410 e. The van der Waals surface area contributed by atoms with Gasteiger partial charge in [0, 0.05) is 24.5 Å². The lowest BCUT2D eigenvalue weighted by Gasteiger charge is -2.35. The van der Waals surface area contributed by atoms with Crippen LogP contribution in [0.3, 0.4) is 0 Å². The smallest absolute Gasteiger partial charge is 0.410 e. The van der Waals surface area contributed by atoms with Crippen LogP contribution in [-0.2, 0) is 19.4 Å². The van der Waals surface area contributed by atoms with E-state index in [0.717, 1.165) is 16.7 Å². The van der Waals surface area contributed by atoms with Crippen LogP contribution < -0.4 is 4.74 Å². The van der Waals surface area contributed by atoms with Crippen molar-refractivity contribution >= 4 is 27.9 Å². The first-order valence-electron chi connectivity index (χ1n) is 11.3. The van der Waals surface area contributed by atoms with E-state index >= 15 is 0 Å². The second kappa shape index (κ2) is 10.7. The summed E-state index contributed by atoms with van der Waals surface area (Å²) in [5, 5.41) is 1.09. The van der Waals surface area contributed by atoms with Crippen LogP contribution >= 0.6 is 0 Å². The number of ether oxygens (including phenoxy) is 2. The highest BCUT2D eigenvalue weighted by Crippen LogP contribution is 2.23. The van der Waals surface area contributed by atoms with Crippen LogP contribution in [0.5, 0.6) is 5.75 Å². The Bertz CT molecular complexity index is 1110. The minimum absolute atomic E-state index is 0.0483. The van der Waals surface area contributed by atoms with E-state index < -0.39 is 21.5 Å². The molecule has 2 fully saturated rings. The summed E-state index contributed by atoms with van der Waals surface area (Å²) in [5.41, 5.74) is 0.754. The number of hydrogen-bond donors (Lipinski definition) is 0. The Morgan fingerprint density at radius 2 is 1.68 bits per heavy atom. The molecule has 0 spiro atoms. The van der Waals surface area contributed by atoms with Crippen LogP contribution in [0.4, 0.5) is 4.79 Å². The molecule has 2 heterocycles. The number of piperidine rings is 1. The third-order valence-electron chi connectivity index (χ3n) is 5.93. The first-order valence-corrected chi connectivity index (χ1v) is 13.0. The fourth-order valence-electron chi connectivity index (χ4n) is 4.12. The molecule has 2 aliphatic heterocycles. The van der Waals surface area contributed by atoms with Crippen molar-refractivity contribution in [1.82, 2.24) is 9.80 Å². The van der Waals surface area contributed by atoms with Crippen molar-refractivity contribution in [2.45, 2.75) is 25.0 Å². The van der Waals surface area contributed by atoms with Crippen LogP contribution in [0.25, 0.3) is 6.08 Å². The van der Waals surface area contributed by atoms with Gasteiger partial charge < -0.3 is 19.3 Å². The Balaban J connectivity index is 1.23. The lowest BCUT2D eigenvalue weighted by atomic mass is 10.0. The second-order valence-electron chi connectivity index (χ2n) is 8.41. The molecule has 0 N–H and O–H groups in total. The molecule has 0 radical (unpaired) electrons. The van der Waals surface area contributed by atoms with Gasteiger partial charge in [-0.3, -0.25) is 4.79 Å². The van der Waals surface area contributed by atoms with E-state index in [4.69, 9.17) is 9.47 Å². The Morgan fingerprint density at radius 3 is 2.35 bits per heavy atom. The van der Waals surface area contributed by atoms with Gasteiger partial charge in [-0.25, -0.2) is 13.2 Å². The van der Waals surface area contributed by atoms with Crippen LogP contribution in [-0.4, -0.2) is 74.4 Å². The van der Waals surface area contributed by atoms with Gasteiger partial charge in [0.2, 0.25) is 5.91 Å². The second-order valence-corrected chi connectivity index (χ2v) is 10.3. The summed E-state index contributed by atoms with van der Waals surface area (Å²) in [6, 6.07) is 18.4. The average Bonchev–Trinajstić information content (AvgIpc) is 3.23. The molecule has 1 unspecified atom stereocenters. The summed E-state index contributed by atoms with van der Waals surface area (Å²) >= 11 is 0. The van der Waals surface area contributed by atoms with E-state index in [1.54, 1.807) is 21.9 Å². The molecule has 2 aliphatic rings. The number of amides is 2. The van der Waals surface area contributed by atoms with Gasteiger partial charge in [0.05, 0.1) is 6.54 Å². The molecule has 180 valence electrons. The number of sulfone groups is 1. The van der Waals surface area contributed by atoms with Crippen molar-refractivity contribution in [3.8, 4) is 5.75 Å². The lowest BCUT2D eigenvalue weighted by Crippen LogP contribution is -2.48. The van der Waals surface area contributed by atoms with Gasteiger partial charge in [-0.2, -0.15) is 0 Å². The molecule has 0 saturated carbocycles. The summed E-state index contributed by atoms with van der Waals surface area (Å²) in [5.74, 6) is -0.266. The van der Waals surface area contributed by atoms with Gasteiger partial charge in [0.1, 0.15) is 18.1 Å². The predicted molar refractivity (Wildman–Crippen MR) is 128 cm³/mol. The Morgan fingerprint density at radius 1 is 1.03 bits per heavy atom. The number of nitrogens with zero attached hydrogens (tertiary/aromatic N) is 2. The van der Waals surface area contributed by atoms with Crippen molar-refractivity contribution in [2.75, 3.05) is 32.0 Å². The van der Waals surface area contributed by atoms with E-state index in [1.165, 1.54) is 6.08 Å². The van der Waals surface area contributed by atoms with Crippen LogP contribution in [0, 0.1) is 0 Å². The van der Waals surface area contributed by atoms with Crippen LogP contribution in [0.1, 0.15) is 18.4 Å². The number of hydrogen-bond acceptors (Lipinski definition) is 6. The maximum atomic E-state index is 12.6. The largest absolute Gasteiger partial charge is 0.490 e. The first-order chi connectivity index (χ1) is 16.4. The van der Waals surface area contributed by atoms with Gasteiger partial charge in [0.25, 0.3) is 0 Å². The number of rotatable bonds is 8. The highest BCUT2D eigenvalue weighted by molar-refractivity contribution is 7.95. The topological polar surface area (TPSA) is 93.2 Å². The molecule has 2 aromatic rings. The van der Waals surface area contributed by atoms with Crippen molar-refractivity contribution in [3.63, 3.8) is 0 Å². The third-order valence-corrected chi connectivity index (χ3v) is 7.13. The van der Waals surface area contributed by atoms with E-state index in [0.29, 0.717) is 32.5 Å². The molecular weight excluding hydrogens is 456 g/mol. The Labute approximate surface area is 199 Å². The zero-order valence-electron chi connectivity index (χ0n) is 18.8. The normalized spacial score (nSPS) is 19.4. The number of benzene rings is 2. The van der Waals surface area contributed by atoms with Gasteiger partial charge in [-0.15, -0.1) is 0 Å². The molecule has 1 atom stereocenters. The predicted octanol–water partition coefficient (Wildman–Crippen LogP) is 2.96. The molecule has 2 saturated heterocycles. The zero-order valence-corrected chi connectivity index (χ0v) is 19.6. The summed E-state index contributed by atoms with van der Waals surface area (Å²) in [6.45, 7) is 1.51. The van der Waals surface area contributed by atoms with Crippen molar-refractivity contribution < 1.29 is 27.5 Å². The fourth-order valence-corrected chi connectivity index (χ4v) is 5.10. The van der Waals surface area contributed by atoms with Gasteiger partial charge in [-0.1, -0.05) is 48.5 Å². The fraction of sp³-hybridized carbons (Fsp3) is 0.360. The molecule has 9 heteroatoms. The molecule has 0 aliphatic carbocycles. The highest BCUT2D eigenvalue weighted by atomic mass is 32.2. The monoisotopic (exact) mass is 484 g/mol. The molecule has 8 nitrogen and oxygen atoms in total. The van der Waals surface area contributed by atoms with E-state index in [1.807, 2.05) is 48.5 Å². The van der Waals surface area contributed by atoms with Crippen molar-refractivity contribution in [2.24, 2.45) is 0 Å². The van der Waals surface area contributed by atoms with Crippen LogP contribution in [0.15, 0.2) is 66.1 Å². The number of carbonyl (C=O) groups is 2. The quantitative estimate of drug-likeness (QED) is 0.572. The van der Waals surface area contributed by atoms with Crippen LogP contribution in [0.2, 0.25) is 0 Å². The number of para-hydroxylation sites is 1. The van der Waals surface area contributed by atoms with Crippen molar-refractivity contribution in [1.29, 1.82) is 0 Å². The molecule has 4 rings (SSSR count). The van der Waals surface area contributed by atoms with E-state index in [-0.39, 0.29) is 24.8 Å².